The van der Waals surface area contributed by atoms with Crippen LogP contribution in [0.15, 0.2) is 91.0 Å². The summed E-state index contributed by atoms with van der Waals surface area (Å²) >= 11 is 0. The van der Waals surface area contributed by atoms with Crippen molar-refractivity contribution in [2.24, 2.45) is 0 Å². The predicted molar refractivity (Wildman–Crippen MR) is 117 cm³/mol. The third-order valence-electron chi connectivity index (χ3n) is 4.96. The van der Waals surface area contributed by atoms with Crippen molar-refractivity contribution in [1.29, 1.82) is 0 Å². The molecule has 5 heteroatoms. The highest BCUT2D eigenvalue weighted by atomic mass is 16.3. The Labute approximate surface area is 177 Å². The third-order valence-corrected chi connectivity index (χ3v) is 4.96. The van der Waals surface area contributed by atoms with Crippen molar-refractivity contribution >= 4 is 11.8 Å². The molecule has 3 rings (SSSR count). The van der Waals surface area contributed by atoms with Gasteiger partial charge in [0.1, 0.15) is 6.04 Å². The van der Waals surface area contributed by atoms with E-state index in [1.807, 2.05) is 91.0 Å². The lowest BCUT2D eigenvalue weighted by Gasteiger charge is -2.25. The van der Waals surface area contributed by atoms with Gasteiger partial charge in [-0.2, -0.15) is 0 Å². The van der Waals surface area contributed by atoms with Crippen LogP contribution in [0, 0.1) is 0 Å². The van der Waals surface area contributed by atoms with Crippen LogP contribution in [0.4, 0.5) is 0 Å². The number of nitrogens with zero attached hydrogens (tertiary/aromatic N) is 1. The van der Waals surface area contributed by atoms with Gasteiger partial charge in [0.15, 0.2) is 0 Å². The van der Waals surface area contributed by atoms with Crippen molar-refractivity contribution in [2.45, 2.75) is 18.5 Å². The zero-order valence-electron chi connectivity index (χ0n) is 16.9. The summed E-state index contributed by atoms with van der Waals surface area (Å²) in [4.78, 5) is 27.6. The second-order valence-electron chi connectivity index (χ2n) is 7.18. The van der Waals surface area contributed by atoms with Gasteiger partial charge >= 0.3 is 0 Å². The van der Waals surface area contributed by atoms with E-state index in [4.69, 9.17) is 0 Å². The molecule has 0 unspecified atom stereocenters. The summed E-state index contributed by atoms with van der Waals surface area (Å²) in [6.07, 6.45) is 0. The fraction of sp³-hybridized carbons (Fsp3) is 0.200. The molecule has 0 aromatic heterocycles. The third kappa shape index (κ3) is 5.33. The van der Waals surface area contributed by atoms with Crippen LogP contribution >= 0.6 is 0 Å². The van der Waals surface area contributed by atoms with Gasteiger partial charge in [0.25, 0.3) is 0 Å². The normalized spacial score (nSPS) is 11.7. The number of rotatable bonds is 8. The molecule has 0 fully saturated rings. The lowest BCUT2D eigenvalue weighted by atomic mass is 9.90. The molecule has 0 bridgehead atoms. The largest absolute Gasteiger partial charge is 0.394 e. The lowest BCUT2D eigenvalue weighted by molar-refractivity contribution is -0.137. The fourth-order valence-electron chi connectivity index (χ4n) is 3.43. The summed E-state index contributed by atoms with van der Waals surface area (Å²) < 4.78 is 0. The molecule has 3 aromatic rings. The minimum atomic E-state index is -1.01. The smallest absolute Gasteiger partial charge is 0.247 e. The maximum Gasteiger partial charge on any atom is 0.247 e. The number of hydrogen-bond donors (Lipinski definition) is 2. The van der Waals surface area contributed by atoms with Gasteiger partial charge in [0.05, 0.1) is 12.5 Å². The van der Waals surface area contributed by atoms with E-state index in [-0.39, 0.29) is 11.8 Å². The number of aliphatic hydroxyl groups excluding tert-OH is 1. The van der Waals surface area contributed by atoms with Gasteiger partial charge in [-0.1, -0.05) is 91.0 Å². The van der Waals surface area contributed by atoms with Gasteiger partial charge in [0, 0.05) is 13.6 Å². The molecular weight excluding hydrogens is 376 g/mol. The molecule has 30 heavy (non-hydrogen) atoms. The van der Waals surface area contributed by atoms with Crippen molar-refractivity contribution in [3.8, 4) is 0 Å². The molecular formula is C25H26N2O3. The Morgan fingerprint density at radius 2 is 1.30 bits per heavy atom. The quantitative estimate of drug-likeness (QED) is 0.609. The van der Waals surface area contributed by atoms with Crippen LogP contribution in [0.2, 0.25) is 0 Å². The Morgan fingerprint density at radius 3 is 1.77 bits per heavy atom. The summed E-state index contributed by atoms with van der Waals surface area (Å²) in [5, 5.41) is 12.6. The van der Waals surface area contributed by atoms with Gasteiger partial charge in [-0.15, -0.1) is 0 Å². The van der Waals surface area contributed by atoms with E-state index in [0.29, 0.717) is 6.54 Å². The molecule has 0 radical (unpaired) electrons. The molecule has 0 spiro atoms. The Kier molecular flexibility index (Phi) is 7.35. The molecule has 0 heterocycles. The van der Waals surface area contributed by atoms with E-state index in [9.17, 15) is 14.7 Å². The first kappa shape index (κ1) is 21.3. The van der Waals surface area contributed by atoms with Crippen molar-refractivity contribution in [3.63, 3.8) is 0 Å². The lowest BCUT2D eigenvalue weighted by Crippen LogP contribution is -2.50. The number of nitrogens with one attached hydrogen (secondary N) is 1. The maximum atomic E-state index is 13.2. The number of aliphatic hydroxyl groups is 1. The highest BCUT2D eigenvalue weighted by Crippen LogP contribution is 2.25. The summed E-state index contributed by atoms with van der Waals surface area (Å²) in [6.45, 7) is -0.0765. The summed E-state index contributed by atoms with van der Waals surface area (Å²) in [6, 6.07) is 27.4. The van der Waals surface area contributed by atoms with Gasteiger partial charge < -0.3 is 15.3 Å². The number of amides is 2. The number of likely N-dealkylation sites (N-methyl/N-ethyl adjacent to an activating group) is 1. The highest BCUT2D eigenvalue weighted by Gasteiger charge is 2.29. The molecule has 0 aliphatic rings. The van der Waals surface area contributed by atoms with Crippen LogP contribution in [0.3, 0.4) is 0 Å². The SMILES string of the molecule is CN(Cc1ccccc1)C(=O)[C@H](CO)NC(=O)C(c1ccccc1)c1ccccc1. The van der Waals surface area contributed by atoms with Gasteiger partial charge in [-0.05, 0) is 16.7 Å². The first-order valence-corrected chi connectivity index (χ1v) is 9.90. The Bertz CT molecular complexity index is 906. The molecule has 2 amide bonds. The topological polar surface area (TPSA) is 69.6 Å². The Balaban J connectivity index is 1.77. The number of carbonyl (C=O) groups is 2. The monoisotopic (exact) mass is 402 g/mol. The average molecular weight is 402 g/mol. The van der Waals surface area contributed by atoms with E-state index in [2.05, 4.69) is 5.32 Å². The van der Waals surface area contributed by atoms with Crippen LogP contribution in [0.1, 0.15) is 22.6 Å². The minimum Gasteiger partial charge on any atom is -0.394 e. The van der Waals surface area contributed by atoms with E-state index >= 15 is 0 Å². The number of benzene rings is 3. The molecule has 0 aliphatic carbocycles. The molecule has 0 aliphatic heterocycles. The minimum absolute atomic E-state index is 0.326. The van der Waals surface area contributed by atoms with Crippen molar-refractivity contribution in [2.75, 3.05) is 13.7 Å². The second kappa shape index (κ2) is 10.4. The van der Waals surface area contributed by atoms with Crippen LogP contribution < -0.4 is 5.32 Å². The molecule has 154 valence electrons. The zero-order chi connectivity index (χ0) is 21.3. The molecule has 2 N–H and O–H groups in total. The van der Waals surface area contributed by atoms with Crippen LogP contribution in [-0.4, -0.2) is 41.5 Å². The summed E-state index contributed by atoms with van der Waals surface area (Å²) in [5.41, 5.74) is 2.62. The Morgan fingerprint density at radius 1 is 0.833 bits per heavy atom. The van der Waals surface area contributed by atoms with Crippen molar-refractivity contribution in [3.05, 3.63) is 108 Å². The summed E-state index contributed by atoms with van der Waals surface area (Å²) in [5.74, 6) is -1.24. The predicted octanol–water partition coefficient (Wildman–Crippen LogP) is 2.95. The van der Waals surface area contributed by atoms with Gasteiger partial charge in [-0.3, -0.25) is 9.59 Å². The first-order chi connectivity index (χ1) is 14.6. The molecule has 3 aromatic carbocycles. The molecule has 0 saturated heterocycles. The van der Waals surface area contributed by atoms with Crippen LogP contribution in [-0.2, 0) is 16.1 Å². The first-order valence-electron chi connectivity index (χ1n) is 9.90. The maximum absolute atomic E-state index is 13.2. The van der Waals surface area contributed by atoms with Gasteiger partial charge in [-0.25, -0.2) is 0 Å². The number of carbonyl (C=O) groups excluding carboxylic acids is 2. The van der Waals surface area contributed by atoms with Crippen molar-refractivity contribution < 1.29 is 14.7 Å². The van der Waals surface area contributed by atoms with Crippen molar-refractivity contribution in [1.82, 2.24) is 10.2 Å². The summed E-state index contributed by atoms with van der Waals surface area (Å²) in [7, 11) is 1.66. The highest BCUT2D eigenvalue weighted by molar-refractivity contribution is 5.92. The molecule has 0 saturated carbocycles. The number of hydrogen-bond acceptors (Lipinski definition) is 3. The Hall–Kier alpha value is -3.44. The fourth-order valence-corrected chi connectivity index (χ4v) is 3.43. The molecule has 5 nitrogen and oxygen atoms in total. The van der Waals surface area contributed by atoms with E-state index in [1.165, 1.54) is 4.90 Å². The van der Waals surface area contributed by atoms with Gasteiger partial charge in [0.2, 0.25) is 11.8 Å². The van der Waals surface area contributed by atoms with Crippen LogP contribution in [0.5, 0.6) is 0 Å². The second-order valence-corrected chi connectivity index (χ2v) is 7.18. The van der Waals surface area contributed by atoms with E-state index in [1.54, 1.807) is 7.05 Å². The standard InChI is InChI=1S/C25H26N2O3/c1-27(17-19-11-5-2-6-12-19)25(30)22(18-28)26-24(29)23(20-13-7-3-8-14-20)21-15-9-4-10-16-21/h2-16,22-23,28H,17-18H2,1H3,(H,26,29)/t22-/m0/s1. The average Bonchev–Trinajstić information content (AvgIpc) is 2.79. The zero-order valence-corrected chi connectivity index (χ0v) is 16.9. The van der Waals surface area contributed by atoms with Crippen LogP contribution in [0.25, 0.3) is 0 Å². The molecule has 1 atom stereocenters. The van der Waals surface area contributed by atoms with E-state index in [0.717, 1.165) is 16.7 Å². The van der Waals surface area contributed by atoms with E-state index < -0.39 is 18.6 Å².